The Morgan fingerprint density at radius 1 is 1.45 bits per heavy atom. The second-order valence-corrected chi connectivity index (χ2v) is 8.04. The van der Waals surface area contributed by atoms with Gasteiger partial charge in [-0.05, 0) is 31.3 Å². The lowest BCUT2D eigenvalue weighted by Gasteiger charge is -2.16. The molecule has 0 aromatic heterocycles. The predicted molar refractivity (Wildman–Crippen MR) is 77.8 cm³/mol. The van der Waals surface area contributed by atoms with E-state index >= 15 is 0 Å². The van der Waals surface area contributed by atoms with Crippen LogP contribution < -0.4 is 10.6 Å². The second-order valence-electron chi connectivity index (χ2n) is 4.66. The molecule has 0 aromatic carbocycles. The third-order valence-corrected chi connectivity index (χ3v) is 6.09. The quantitative estimate of drug-likeness (QED) is 0.611. The maximum atomic E-state index is 11.6. The van der Waals surface area contributed by atoms with Gasteiger partial charge in [0.05, 0.1) is 11.0 Å². The number of aliphatic carboxylic acids is 1. The number of urea groups is 1. The van der Waals surface area contributed by atoms with E-state index in [0.717, 1.165) is 0 Å². The van der Waals surface area contributed by atoms with E-state index in [1.165, 1.54) is 11.8 Å². The second kappa shape index (κ2) is 7.72. The van der Waals surface area contributed by atoms with Crippen molar-refractivity contribution in [3.63, 3.8) is 0 Å². The van der Waals surface area contributed by atoms with Crippen LogP contribution in [0.1, 0.15) is 19.3 Å². The summed E-state index contributed by atoms with van der Waals surface area (Å²) >= 11 is 1.49. The Bertz CT molecular complexity index is 452. The molecule has 1 aliphatic heterocycles. The fraction of sp³-hybridized carbons (Fsp3) is 0.818. The van der Waals surface area contributed by atoms with E-state index < -0.39 is 33.1 Å². The first-order valence-electron chi connectivity index (χ1n) is 6.34. The standard InChI is InChI=1S/C11H20N2O5S2/c1-19-5-4-9(10(14)15)13-11(16)12-7-8-3-2-6-20(8,17)18/h8-9H,2-7H2,1H3,(H,14,15)(H2,12,13,16). The molecule has 20 heavy (non-hydrogen) atoms. The Hall–Kier alpha value is -0.960. The summed E-state index contributed by atoms with van der Waals surface area (Å²) in [7, 11) is -3.10. The summed E-state index contributed by atoms with van der Waals surface area (Å²) in [6, 6.07) is -1.59. The number of carbonyl (C=O) groups is 2. The molecule has 116 valence electrons. The molecule has 2 unspecified atom stereocenters. The molecule has 0 bridgehead atoms. The van der Waals surface area contributed by atoms with Gasteiger partial charge in [-0.3, -0.25) is 0 Å². The largest absolute Gasteiger partial charge is 0.480 e. The molecule has 1 heterocycles. The van der Waals surface area contributed by atoms with Crippen LogP contribution in [0, 0.1) is 0 Å². The summed E-state index contributed by atoms with van der Waals surface area (Å²) in [5, 5.41) is 13.2. The van der Waals surface area contributed by atoms with Gasteiger partial charge in [-0.25, -0.2) is 18.0 Å². The fourth-order valence-corrected chi connectivity index (χ4v) is 4.23. The van der Waals surface area contributed by atoms with Gasteiger partial charge in [0.15, 0.2) is 9.84 Å². The van der Waals surface area contributed by atoms with Crippen molar-refractivity contribution in [3.05, 3.63) is 0 Å². The molecule has 7 nitrogen and oxygen atoms in total. The minimum absolute atomic E-state index is 0.0308. The first-order chi connectivity index (χ1) is 9.36. The lowest BCUT2D eigenvalue weighted by Crippen LogP contribution is -2.48. The smallest absolute Gasteiger partial charge is 0.326 e. The highest BCUT2D eigenvalue weighted by Gasteiger charge is 2.31. The Morgan fingerprint density at radius 2 is 2.15 bits per heavy atom. The topological polar surface area (TPSA) is 113 Å². The van der Waals surface area contributed by atoms with Crippen LogP contribution in [0.2, 0.25) is 0 Å². The van der Waals surface area contributed by atoms with Gasteiger partial charge in [0.25, 0.3) is 0 Å². The number of sulfone groups is 1. The highest BCUT2D eigenvalue weighted by atomic mass is 32.2. The van der Waals surface area contributed by atoms with Crippen LogP contribution in [-0.4, -0.2) is 61.1 Å². The maximum Gasteiger partial charge on any atom is 0.326 e. The summed E-state index contributed by atoms with van der Waals surface area (Å²) < 4.78 is 23.2. The van der Waals surface area contributed by atoms with E-state index in [-0.39, 0.29) is 12.3 Å². The fourth-order valence-electron chi connectivity index (χ4n) is 2.00. The summed E-state index contributed by atoms with van der Waals surface area (Å²) in [5.41, 5.74) is 0. The zero-order valence-corrected chi connectivity index (χ0v) is 12.9. The minimum Gasteiger partial charge on any atom is -0.480 e. The van der Waals surface area contributed by atoms with Crippen molar-refractivity contribution in [2.75, 3.05) is 24.3 Å². The molecule has 0 radical (unpaired) electrons. The molecule has 1 rings (SSSR count). The van der Waals surface area contributed by atoms with Crippen LogP contribution in [0.5, 0.6) is 0 Å². The first kappa shape index (κ1) is 17.1. The normalized spacial score (nSPS) is 22.1. The van der Waals surface area contributed by atoms with Gasteiger partial charge < -0.3 is 15.7 Å². The van der Waals surface area contributed by atoms with Crippen LogP contribution in [0.25, 0.3) is 0 Å². The Morgan fingerprint density at radius 3 is 2.65 bits per heavy atom. The number of carboxylic acids is 1. The number of hydrogen-bond donors (Lipinski definition) is 3. The average molecular weight is 324 g/mol. The van der Waals surface area contributed by atoms with E-state index in [4.69, 9.17) is 5.11 Å². The van der Waals surface area contributed by atoms with Crippen LogP contribution in [-0.2, 0) is 14.6 Å². The third-order valence-electron chi connectivity index (χ3n) is 3.17. The van der Waals surface area contributed by atoms with Crippen molar-refractivity contribution >= 4 is 33.6 Å². The van der Waals surface area contributed by atoms with Crippen molar-refractivity contribution in [3.8, 4) is 0 Å². The van der Waals surface area contributed by atoms with Gasteiger partial charge in [-0.1, -0.05) is 0 Å². The number of hydrogen-bond acceptors (Lipinski definition) is 5. The molecule has 1 fully saturated rings. The molecule has 1 aliphatic rings. The number of rotatable bonds is 7. The Balaban J connectivity index is 2.40. The SMILES string of the molecule is CSCCC(NC(=O)NCC1CCCS1(=O)=O)C(=O)O. The Kier molecular flexibility index (Phi) is 6.60. The molecule has 0 aromatic rings. The van der Waals surface area contributed by atoms with E-state index in [1.807, 2.05) is 6.26 Å². The number of thioether (sulfide) groups is 1. The lowest BCUT2D eigenvalue weighted by molar-refractivity contribution is -0.139. The predicted octanol–water partition coefficient (Wildman–Crippen LogP) is 0.0691. The highest BCUT2D eigenvalue weighted by molar-refractivity contribution is 7.98. The van der Waals surface area contributed by atoms with Crippen molar-refractivity contribution < 1.29 is 23.1 Å². The number of carbonyl (C=O) groups excluding carboxylic acids is 1. The van der Waals surface area contributed by atoms with Crippen molar-refractivity contribution in [1.82, 2.24) is 10.6 Å². The monoisotopic (exact) mass is 324 g/mol. The Labute approximate surface area is 122 Å². The molecule has 2 atom stereocenters. The van der Waals surface area contributed by atoms with Crippen LogP contribution >= 0.6 is 11.8 Å². The van der Waals surface area contributed by atoms with Gasteiger partial charge in [0.2, 0.25) is 0 Å². The van der Waals surface area contributed by atoms with Crippen LogP contribution in [0.15, 0.2) is 0 Å². The van der Waals surface area contributed by atoms with Gasteiger partial charge in [0, 0.05) is 6.54 Å². The van der Waals surface area contributed by atoms with Gasteiger partial charge >= 0.3 is 12.0 Å². The zero-order chi connectivity index (χ0) is 15.2. The van der Waals surface area contributed by atoms with Crippen LogP contribution in [0.3, 0.4) is 0 Å². The third kappa shape index (κ3) is 5.20. The number of amides is 2. The number of carboxylic acid groups (broad SMARTS) is 1. The molecular formula is C11H20N2O5S2. The van der Waals surface area contributed by atoms with Crippen molar-refractivity contribution in [2.24, 2.45) is 0 Å². The van der Waals surface area contributed by atoms with E-state index in [0.29, 0.717) is 25.0 Å². The molecule has 9 heteroatoms. The lowest BCUT2D eigenvalue weighted by atomic mass is 10.2. The van der Waals surface area contributed by atoms with E-state index in [2.05, 4.69) is 10.6 Å². The molecule has 1 saturated heterocycles. The van der Waals surface area contributed by atoms with Crippen LogP contribution in [0.4, 0.5) is 4.79 Å². The van der Waals surface area contributed by atoms with E-state index in [1.54, 1.807) is 0 Å². The average Bonchev–Trinajstić information content (AvgIpc) is 2.70. The molecule has 3 N–H and O–H groups in total. The maximum absolute atomic E-state index is 11.6. The highest BCUT2D eigenvalue weighted by Crippen LogP contribution is 2.18. The van der Waals surface area contributed by atoms with Gasteiger partial charge in [-0.15, -0.1) is 0 Å². The molecule has 0 saturated carbocycles. The number of nitrogens with one attached hydrogen (secondary N) is 2. The summed E-state index contributed by atoms with van der Waals surface area (Å²) in [6.07, 6.45) is 3.33. The molecular weight excluding hydrogens is 304 g/mol. The van der Waals surface area contributed by atoms with Crippen molar-refractivity contribution in [2.45, 2.75) is 30.6 Å². The van der Waals surface area contributed by atoms with Gasteiger partial charge in [0.1, 0.15) is 6.04 Å². The molecule has 0 spiro atoms. The first-order valence-corrected chi connectivity index (χ1v) is 9.45. The summed E-state index contributed by atoms with van der Waals surface area (Å²) in [4.78, 5) is 22.6. The molecule has 2 amide bonds. The van der Waals surface area contributed by atoms with E-state index in [9.17, 15) is 18.0 Å². The minimum atomic E-state index is -3.10. The summed E-state index contributed by atoms with van der Waals surface area (Å²) in [6.45, 7) is 0.0308. The summed E-state index contributed by atoms with van der Waals surface area (Å²) in [5.74, 6) is -0.316. The van der Waals surface area contributed by atoms with Crippen molar-refractivity contribution in [1.29, 1.82) is 0 Å². The van der Waals surface area contributed by atoms with Gasteiger partial charge in [-0.2, -0.15) is 11.8 Å². The molecule has 0 aliphatic carbocycles. The zero-order valence-electron chi connectivity index (χ0n) is 11.3.